The smallest absolute Gasteiger partial charge is 0.124 e. The number of benzene rings is 1. The highest BCUT2D eigenvalue weighted by Gasteiger charge is 2.07. The standard InChI is InChI=1S/C16H21NO2/c1-12(2)17-10-16-14(8-9-18-16)11-19-15-6-4-13(3)5-7-15/h4-9,12,17H,10-11H2,1-3H3. The average Bonchev–Trinajstić information content (AvgIpc) is 2.83. The van der Waals surface area contributed by atoms with E-state index in [9.17, 15) is 0 Å². The maximum Gasteiger partial charge on any atom is 0.124 e. The summed E-state index contributed by atoms with van der Waals surface area (Å²) in [5, 5.41) is 3.34. The Morgan fingerprint density at radius 2 is 1.89 bits per heavy atom. The van der Waals surface area contributed by atoms with Crippen LogP contribution in [0.15, 0.2) is 41.0 Å². The molecule has 0 aliphatic rings. The van der Waals surface area contributed by atoms with Crippen molar-refractivity contribution in [2.45, 2.75) is 40.0 Å². The molecule has 1 N–H and O–H groups in total. The molecule has 0 fully saturated rings. The Hall–Kier alpha value is -1.74. The molecule has 0 saturated carbocycles. The summed E-state index contributed by atoms with van der Waals surface area (Å²) in [4.78, 5) is 0. The SMILES string of the molecule is Cc1ccc(OCc2ccoc2CNC(C)C)cc1. The van der Waals surface area contributed by atoms with Crippen molar-refractivity contribution in [2.24, 2.45) is 0 Å². The fourth-order valence-corrected chi connectivity index (χ4v) is 1.74. The Morgan fingerprint density at radius 3 is 2.58 bits per heavy atom. The molecule has 0 atom stereocenters. The van der Waals surface area contributed by atoms with E-state index in [2.05, 4.69) is 26.1 Å². The average molecular weight is 259 g/mol. The van der Waals surface area contributed by atoms with Gasteiger partial charge in [0.25, 0.3) is 0 Å². The van der Waals surface area contributed by atoms with Crippen molar-refractivity contribution in [3.8, 4) is 5.75 Å². The zero-order valence-corrected chi connectivity index (χ0v) is 11.8. The first-order valence-electron chi connectivity index (χ1n) is 6.63. The van der Waals surface area contributed by atoms with Gasteiger partial charge in [0.1, 0.15) is 18.1 Å². The number of hydrogen-bond donors (Lipinski definition) is 1. The highest BCUT2D eigenvalue weighted by Crippen LogP contribution is 2.16. The van der Waals surface area contributed by atoms with E-state index in [4.69, 9.17) is 9.15 Å². The zero-order valence-electron chi connectivity index (χ0n) is 11.8. The van der Waals surface area contributed by atoms with E-state index in [1.165, 1.54) is 5.56 Å². The first kappa shape index (κ1) is 13.7. The van der Waals surface area contributed by atoms with Crippen molar-refractivity contribution in [3.05, 3.63) is 53.5 Å². The van der Waals surface area contributed by atoms with Gasteiger partial charge in [-0.1, -0.05) is 31.5 Å². The molecule has 0 aliphatic heterocycles. The fourth-order valence-electron chi connectivity index (χ4n) is 1.74. The second kappa shape index (κ2) is 6.43. The minimum atomic E-state index is 0.441. The quantitative estimate of drug-likeness (QED) is 0.859. The third-order valence-electron chi connectivity index (χ3n) is 2.92. The van der Waals surface area contributed by atoms with E-state index in [1.54, 1.807) is 6.26 Å². The lowest BCUT2D eigenvalue weighted by Gasteiger charge is -2.09. The van der Waals surface area contributed by atoms with Crippen LogP contribution in [0, 0.1) is 6.92 Å². The molecular formula is C16H21NO2. The molecule has 3 nitrogen and oxygen atoms in total. The molecule has 2 aromatic rings. The van der Waals surface area contributed by atoms with Gasteiger partial charge in [-0.2, -0.15) is 0 Å². The molecule has 1 aromatic heterocycles. The molecule has 0 amide bonds. The lowest BCUT2D eigenvalue weighted by molar-refractivity contribution is 0.301. The fraction of sp³-hybridized carbons (Fsp3) is 0.375. The largest absolute Gasteiger partial charge is 0.489 e. The van der Waals surface area contributed by atoms with Gasteiger partial charge >= 0.3 is 0 Å². The van der Waals surface area contributed by atoms with Crippen LogP contribution in [0.5, 0.6) is 5.75 Å². The minimum absolute atomic E-state index is 0.441. The summed E-state index contributed by atoms with van der Waals surface area (Å²) in [6, 6.07) is 10.5. The monoisotopic (exact) mass is 259 g/mol. The zero-order chi connectivity index (χ0) is 13.7. The predicted molar refractivity (Wildman–Crippen MR) is 76.2 cm³/mol. The molecule has 0 radical (unpaired) electrons. The van der Waals surface area contributed by atoms with Gasteiger partial charge in [0.2, 0.25) is 0 Å². The number of nitrogens with one attached hydrogen (secondary N) is 1. The van der Waals surface area contributed by atoms with Gasteiger partial charge in [0, 0.05) is 11.6 Å². The molecule has 3 heteroatoms. The van der Waals surface area contributed by atoms with Crippen LogP contribution in [0.3, 0.4) is 0 Å². The highest BCUT2D eigenvalue weighted by molar-refractivity contribution is 5.27. The Morgan fingerprint density at radius 1 is 1.16 bits per heavy atom. The minimum Gasteiger partial charge on any atom is -0.489 e. The molecule has 0 bridgehead atoms. The van der Waals surface area contributed by atoms with E-state index in [0.29, 0.717) is 12.6 Å². The summed E-state index contributed by atoms with van der Waals surface area (Å²) in [6.45, 7) is 7.57. The first-order valence-corrected chi connectivity index (χ1v) is 6.63. The topological polar surface area (TPSA) is 34.4 Å². The summed E-state index contributed by atoms with van der Waals surface area (Å²) in [5.41, 5.74) is 2.33. The van der Waals surface area contributed by atoms with Crippen LogP contribution in [-0.4, -0.2) is 6.04 Å². The van der Waals surface area contributed by atoms with Gasteiger partial charge in [-0.3, -0.25) is 0 Å². The van der Waals surface area contributed by atoms with E-state index in [1.807, 2.05) is 30.3 Å². The van der Waals surface area contributed by atoms with E-state index >= 15 is 0 Å². The molecule has 102 valence electrons. The second-order valence-electron chi connectivity index (χ2n) is 5.01. The number of rotatable bonds is 6. The molecule has 0 aliphatic carbocycles. The van der Waals surface area contributed by atoms with Crippen LogP contribution >= 0.6 is 0 Å². The van der Waals surface area contributed by atoms with Crippen LogP contribution in [-0.2, 0) is 13.2 Å². The van der Waals surface area contributed by atoms with Gasteiger partial charge < -0.3 is 14.5 Å². The Labute approximate surface area is 114 Å². The Bertz CT molecular complexity index is 500. The third-order valence-corrected chi connectivity index (χ3v) is 2.92. The van der Waals surface area contributed by atoms with Crippen LogP contribution in [0.2, 0.25) is 0 Å². The van der Waals surface area contributed by atoms with Crippen LogP contribution in [0.4, 0.5) is 0 Å². The van der Waals surface area contributed by atoms with Gasteiger partial charge in [-0.25, -0.2) is 0 Å². The van der Waals surface area contributed by atoms with Crippen molar-refractivity contribution < 1.29 is 9.15 Å². The summed E-state index contributed by atoms with van der Waals surface area (Å²) >= 11 is 0. The van der Waals surface area contributed by atoms with E-state index in [0.717, 1.165) is 23.6 Å². The molecular weight excluding hydrogens is 238 g/mol. The molecule has 1 aromatic carbocycles. The molecule has 0 spiro atoms. The van der Waals surface area contributed by atoms with Gasteiger partial charge in [-0.05, 0) is 25.1 Å². The predicted octanol–water partition coefficient (Wildman–Crippen LogP) is 3.67. The van der Waals surface area contributed by atoms with E-state index in [-0.39, 0.29) is 0 Å². The van der Waals surface area contributed by atoms with Crippen molar-refractivity contribution in [3.63, 3.8) is 0 Å². The lowest BCUT2D eigenvalue weighted by Crippen LogP contribution is -2.22. The van der Waals surface area contributed by atoms with E-state index < -0.39 is 0 Å². The summed E-state index contributed by atoms with van der Waals surface area (Å²) in [5.74, 6) is 1.83. The number of ether oxygens (including phenoxy) is 1. The maximum absolute atomic E-state index is 5.77. The summed E-state index contributed by atoms with van der Waals surface area (Å²) in [7, 11) is 0. The second-order valence-corrected chi connectivity index (χ2v) is 5.01. The molecule has 2 rings (SSSR count). The Kier molecular flexibility index (Phi) is 4.63. The van der Waals surface area contributed by atoms with Crippen LogP contribution in [0.1, 0.15) is 30.7 Å². The maximum atomic E-state index is 5.77. The van der Waals surface area contributed by atoms with Gasteiger partial charge in [0.05, 0.1) is 12.8 Å². The Balaban J connectivity index is 1.92. The first-order chi connectivity index (χ1) is 9.15. The summed E-state index contributed by atoms with van der Waals surface area (Å²) < 4.78 is 11.2. The number of furan rings is 1. The number of hydrogen-bond acceptors (Lipinski definition) is 3. The molecule has 19 heavy (non-hydrogen) atoms. The van der Waals surface area contributed by atoms with Gasteiger partial charge in [0.15, 0.2) is 0 Å². The highest BCUT2D eigenvalue weighted by atomic mass is 16.5. The van der Waals surface area contributed by atoms with Gasteiger partial charge in [-0.15, -0.1) is 0 Å². The normalized spacial score (nSPS) is 10.9. The van der Waals surface area contributed by atoms with Crippen molar-refractivity contribution in [1.29, 1.82) is 0 Å². The molecule has 0 unspecified atom stereocenters. The lowest BCUT2D eigenvalue weighted by atomic mass is 10.2. The van der Waals surface area contributed by atoms with Crippen molar-refractivity contribution in [2.75, 3.05) is 0 Å². The van der Waals surface area contributed by atoms with Crippen molar-refractivity contribution in [1.82, 2.24) is 5.32 Å². The van der Waals surface area contributed by atoms with Crippen molar-refractivity contribution >= 4 is 0 Å². The summed E-state index contributed by atoms with van der Waals surface area (Å²) in [6.07, 6.45) is 1.71. The van der Waals surface area contributed by atoms with Crippen LogP contribution < -0.4 is 10.1 Å². The molecule has 0 saturated heterocycles. The van der Waals surface area contributed by atoms with Crippen LogP contribution in [0.25, 0.3) is 0 Å². The number of aryl methyl sites for hydroxylation is 1. The third kappa shape index (κ3) is 4.14. The molecule has 1 heterocycles.